The molecule has 2 heteroatoms. The van der Waals surface area contributed by atoms with Crippen LogP contribution in [0.4, 0.5) is 0 Å². The van der Waals surface area contributed by atoms with E-state index < -0.39 is 0 Å². The van der Waals surface area contributed by atoms with E-state index in [0.29, 0.717) is 0 Å². The van der Waals surface area contributed by atoms with E-state index >= 15 is 0 Å². The number of hydrogen-bond donors (Lipinski definition) is 1. The highest BCUT2D eigenvalue weighted by Gasteiger charge is 2.19. The van der Waals surface area contributed by atoms with Crippen LogP contribution in [0.15, 0.2) is 60.7 Å². The molecule has 0 heterocycles. The molecule has 0 spiro atoms. The Bertz CT molecular complexity index is 483. The number of hydrogen-bond acceptors (Lipinski definition) is 2. The maximum atomic E-state index is 6.07. The largest absolute Gasteiger partial charge is 0.489 e. The average Bonchev–Trinajstić information content (AvgIpc) is 2.50. The summed E-state index contributed by atoms with van der Waals surface area (Å²) in [5.74, 6) is 0.916. The second-order valence-corrected chi connectivity index (χ2v) is 4.98. The Morgan fingerprint density at radius 3 is 2.15 bits per heavy atom. The van der Waals surface area contributed by atoms with E-state index in [1.54, 1.807) is 0 Å². The van der Waals surface area contributed by atoms with Crippen molar-refractivity contribution in [2.24, 2.45) is 0 Å². The van der Waals surface area contributed by atoms with Crippen molar-refractivity contribution in [2.45, 2.75) is 32.4 Å². The number of benzene rings is 2. The minimum atomic E-state index is 0.0753. The first-order valence-electron chi connectivity index (χ1n) is 7.31. The predicted octanol–water partition coefficient (Wildman–Crippen LogP) is 4.19. The molecule has 2 aromatic carbocycles. The summed E-state index contributed by atoms with van der Waals surface area (Å²) >= 11 is 0. The van der Waals surface area contributed by atoms with E-state index in [1.165, 1.54) is 5.56 Å². The van der Waals surface area contributed by atoms with Crippen molar-refractivity contribution >= 4 is 0 Å². The molecule has 2 aromatic rings. The van der Waals surface area contributed by atoms with E-state index in [2.05, 4.69) is 43.4 Å². The van der Waals surface area contributed by atoms with E-state index in [9.17, 15) is 0 Å². The molecule has 0 aliphatic rings. The van der Waals surface area contributed by atoms with Crippen molar-refractivity contribution in [2.75, 3.05) is 6.54 Å². The molecule has 0 amide bonds. The zero-order chi connectivity index (χ0) is 14.2. The summed E-state index contributed by atoms with van der Waals surface area (Å²) in [6, 6.07) is 20.7. The zero-order valence-electron chi connectivity index (χ0n) is 12.3. The summed E-state index contributed by atoms with van der Waals surface area (Å²) in [6.07, 6.45) is 1.19. The standard InChI is InChI=1S/C18H23NO/c1-3-14-19-18(16-10-6-4-7-11-16)15(2)20-17-12-8-5-9-13-17/h4-13,15,18-19H,3,14H2,1-2H3. The molecular weight excluding hydrogens is 246 g/mol. The van der Waals surface area contributed by atoms with Gasteiger partial charge in [0.05, 0.1) is 6.04 Å². The zero-order valence-corrected chi connectivity index (χ0v) is 12.3. The minimum absolute atomic E-state index is 0.0753. The molecule has 2 nitrogen and oxygen atoms in total. The lowest BCUT2D eigenvalue weighted by Crippen LogP contribution is -2.34. The maximum Gasteiger partial charge on any atom is 0.119 e. The fourth-order valence-electron chi connectivity index (χ4n) is 2.30. The molecule has 0 aliphatic carbocycles. The second kappa shape index (κ2) is 7.71. The van der Waals surface area contributed by atoms with Gasteiger partial charge in [0.2, 0.25) is 0 Å². The molecule has 0 saturated carbocycles. The van der Waals surface area contributed by atoms with Gasteiger partial charge in [0.15, 0.2) is 0 Å². The van der Waals surface area contributed by atoms with Crippen molar-refractivity contribution < 1.29 is 4.74 Å². The number of para-hydroxylation sites is 1. The quantitative estimate of drug-likeness (QED) is 0.813. The Morgan fingerprint density at radius 2 is 1.55 bits per heavy atom. The van der Waals surface area contributed by atoms with E-state index in [0.717, 1.165) is 18.7 Å². The van der Waals surface area contributed by atoms with Crippen LogP contribution in [0.2, 0.25) is 0 Å². The van der Waals surface area contributed by atoms with Gasteiger partial charge in [0, 0.05) is 0 Å². The predicted molar refractivity (Wildman–Crippen MR) is 84.0 cm³/mol. The molecule has 0 saturated heterocycles. The normalized spacial score (nSPS) is 13.7. The Labute approximate surface area is 121 Å². The Morgan fingerprint density at radius 1 is 0.950 bits per heavy atom. The molecule has 0 fully saturated rings. The Hall–Kier alpha value is -1.80. The van der Waals surface area contributed by atoms with Crippen molar-refractivity contribution in [3.05, 3.63) is 66.2 Å². The molecule has 0 aromatic heterocycles. The fourth-order valence-corrected chi connectivity index (χ4v) is 2.30. The van der Waals surface area contributed by atoms with Crippen molar-refractivity contribution in [1.29, 1.82) is 0 Å². The Kier molecular flexibility index (Phi) is 5.63. The molecule has 106 valence electrons. The van der Waals surface area contributed by atoms with Crippen LogP contribution in [0.5, 0.6) is 5.75 Å². The number of ether oxygens (including phenoxy) is 1. The highest BCUT2D eigenvalue weighted by atomic mass is 16.5. The van der Waals surface area contributed by atoms with Gasteiger partial charge < -0.3 is 10.1 Å². The fraction of sp³-hybridized carbons (Fsp3) is 0.333. The highest BCUT2D eigenvalue weighted by molar-refractivity contribution is 5.24. The van der Waals surface area contributed by atoms with Gasteiger partial charge in [-0.05, 0) is 37.6 Å². The lowest BCUT2D eigenvalue weighted by molar-refractivity contribution is 0.170. The highest BCUT2D eigenvalue weighted by Crippen LogP contribution is 2.21. The van der Waals surface area contributed by atoms with Crippen LogP contribution < -0.4 is 10.1 Å². The van der Waals surface area contributed by atoms with Gasteiger partial charge >= 0.3 is 0 Å². The van der Waals surface area contributed by atoms with Gasteiger partial charge in [-0.3, -0.25) is 0 Å². The minimum Gasteiger partial charge on any atom is -0.489 e. The van der Waals surface area contributed by atoms with Crippen LogP contribution in [0, 0.1) is 0 Å². The first-order valence-corrected chi connectivity index (χ1v) is 7.31. The van der Waals surface area contributed by atoms with Crippen LogP contribution in [0.3, 0.4) is 0 Å². The third-order valence-electron chi connectivity index (χ3n) is 3.31. The first kappa shape index (κ1) is 14.6. The van der Waals surface area contributed by atoms with Crippen LogP contribution in [-0.2, 0) is 0 Å². The van der Waals surface area contributed by atoms with Gasteiger partial charge in [0.1, 0.15) is 11.9 Å². The summed E-state index contributed by atoms with van der Waals surface area (Å²) in [7, 11) is 0. The lowest BCUT2D eigenvalue weighted by Gasteiger charge is -2.26. The van der Waals surface area contributed by atoms with Crippen molar-refractivity contribution in [3.8, 4) is 5.75 Å². The van der Waals surface area contributed by atoms with E-state index in [4.69, 9.17) is 4.74 Å². The van der Waals surface area contributed by atoms with Gasteiger partial charge in [-0.1, -0.05) is 55.5 Å². The maximum absolute atomic E-state index is 6.07. The van der Waals surface area contributed by atoms with Gasteiger partial charge in [0.25, 0.3) is 0 Å². The molecule has 2 atom stereocenters. The van der Waals surface area contributed by atoms with Crippen molar-refractivity contribution in [1.82, 2.24) is 5.32 Å². The summed E-state index contributed by atoms with van der Waals surface area (Å²) in [5, 5.41) is 3.58. The number of rotatable bonds is 7. The molecule has 2 rings (SSSR count). The molecule has 20 heavy (non-hydrogen) atoms. The summed E-state index contributed by atoms with van der Waals surface area (Å²) < 4.78 is 6.07. The van der Waals surface area contributed by atoms with Crippen LogP contribution in [-0.4, -0.2) is 12.6 Å². The molecule has 1 N–H and O–H groups in total. The second-order valence-electron chi connectivity index (χ2n) is 4.98. The summed E-state index contributed by atoms with van der Waals surface area (Å²) in [6.45, 7) is 5.28. The van der Waals surface area contributed by atoms with E-state index in [1.807, 2.05) is 36.4 Å². The topological polar surface area (TPSA) is 21.3 Å². The number of nitrogens with one attached hydrogen (secondary N) is 1. The molecule has 0 aliphatic heterocycles. The lowest BCUT2D eigenvalue weighted by atomic mass is 10.0. The monoisotopic (exact) mass is 269 g/mol. The third kappa shape index (κ3) is 4.10. The van der Waals surface area contributed by atoms with E-state index in [-0.39, 0.29) is 12.1 Å². The molecule has 0 bridgehead atoms. The van der Waals surface area contributed by atoms with Gasteiger partial charge in [-0.2, -0.15) is 0 Å². The smallest absolute Gasteiger partial charge is 0.119 e. The Balaban J connectivity index is 2.10. The molecule has 2 unspecified atom stereocenters. The third-order valence-corrected chi connectivity index (χ3v) is 3.31. The van der Waals surface area contributed by atoms with Crippen molar-refractivity contribution in [3.63, 3.8) is 0 Å². The van der Waals surface area contributed by atoms with Crippen LogP contribution >= 0.6 is 0 Å². The first-order chi connectivity index (χ1) is 9.81. The van der Waals surface area contributed by atoms with Crippen LogP contribution in [0.1, 0.15) is 31.9 Å². The summed E-state index contributed by atoms with van der Waals surface area (Å²) in [4.78, 5) is 0. The van der Waals surface area contributed by atoms with Crippen LogP contribution in [0.25, 0.3) is 0 Å². The summed E-state index contributed by atoms with van der Waals surface area (Å²) in [5.41, 5.74) is 1.27. The van der Waals surface area contributed by atoms with Gasteiger partial charge in [-0.15, -0.1) is 0 Å². The SMILES string of the molecule is CCCNC(c1ccccc1)C(C)Oc1ccccc1. The molecule has 0 radical (unpaired) electrons. The average molecular weight is 269 g/mol. The molecular formula is C18H23NO. The van der Waals surface area contributed by atoms with Gasteiger partial charge in [-0.25, -0.2) is 0 Å².